The minimum absolute atomic E-state index is 0. The third-order valence-corrected chi connectivity index (χ3v) is 3.86. The molecular weight excluding hydrogens is 436 g/mol. The number of hydrogen-bond acceptors (Lipinski definition) is 3. The van der Waals surface area contributed by atoms with Crippen LogP contribution in [0, 0.1) is 5.82 Å². The van der Waals surface area contributed by atoms with Gasteiger partial charge in [-0.05, 0) is 30.2 Å². The molecule has 0 fully saturated rings. The molecule has 0 aliphatic heterocycles. The molecule has 3 rings (SSSR count). The van der Waals surface area contributed by atoms with Crippen LogP contribution in [0.15, 0.2) is 35.7 Å². The molecule has 0 saturated heterocycles. The number of benzene rings is 1. The molecule has 0 amide bonds. The first kappa shape index (κ1) is 19.2. The van der Waals surface area contributed by atoms with Crippen LogP contribution in [0.1, 0.15) is 11.4 Å². The van der Waals surface area contributed by atoms with Gasteiger partial charge in [0.05, 0.1) is 6.54 Å². The highest BCUT2D eigenvalue weighted by molar-refractivity contribution is 14.0. The number of nitrogens with zero attached hydrogens (tertiary/aromatic N) is 4. The van der Waals surface area contributed by atoms with Gasteiger partial charge in [-0.1, -0.05) is 0 Å². The molecule has 3 N–H and O–H groups in total. The molecule has 0 saturated carbocycles. The van der Waals surface area contributed by atoms with E-state index in [0.29, 0.717) is 19.0 Å². The van der Waals surface area contributed by atoms with Gasteiger partial charge >= 0.3 is 0 Å². The predicted octanol–water partition coefficient (Wildman–Crippen LogP) is 1.96. The third kappa shape index (κ3) is 4.68. The lowest BCUT2D eigenvalue weighted by Crippen LogP contribution is -2.38. The van der Waals surface area contributed by atoms with Gasteiger partial charge in [-0.25, -0.2) is 4.39 Å². The summed E-state index contributed by atoms with van der Waals surface area (Å²) >= 11 is 0. The summed E-state index contributed by atoms with van der Waals surface area (Å²) in [7, 11) is 3.61. The van der Waals surface area contributed by atoms with Crippen LogP contribution < -0.4 is 10.6 Å². The Bertz CT molecular complexity index is 855. The van der Waals surface area contributed by atoms with E-state index < -0.39 is 0 Å². The summed E-state index contributed by atoms with van der Waals surface area (Å²) < 4.78 is 15.2. The summed E-state index contributed by atoms with van der Waals surface area (Å²) in [6.07, 6.45) is 4.33. The minimum atomic E-state index is -0.225. The first-order valence-corrected chi connectivity index (χ1v) is 7.70. The Hall–Kier alpha value is -2.17. The summed E-state index contributed by atoms with van der Waals surface area (Å²) in [6, 6.07) is 4.77. The Balaban J connectivity index is 0.00000225. The lowest BCUT2D eigenvalue weighted by Gasteiger charge is -2.11. The number of aryl methyl sites for hydroxylation is 1. The normalized spacial score (nSPS) is 11.4. The number of aromatic nitrogens is 4. The standard InChI is InChI=1S/C16H20FN7.HI/c1-18-16(21-9-15-23-22-10-24(15)2)19-6-5-11-8-20-14-4-3-12(17)7-13(11)14;/h3-4,7-8,10,20H,5-6,9H2,1-2H3,(H2,18,19,21);1H. The van der Waals surface area contributed by atoms with Crippen molar-refractivity contribution in [3.05, 3.63) is 47.9 Å². The van der Waals surface area contributed by atoms with Crippen LogP contribution >= 0.6 is 24.0 Å². The van der Waals surface area contributed by atoms with E-state index in [0.717, 1.165) is 28.7 Å². The molecule has 134 valence electrons. The lowest BCUT2D eigenvalue weighted by atomic mass is 10.1. The summed E-state index contributed by atoms with van der Waals surface area (Å²) in [5.41, 5.74) is 2.01. The molecule has 7 nitrogen and oxygen atoms in total. The van der Waals surface area contributed by atoms with Gasteiger partial charge in [0.25, 0.3) is 0 Å². The second-order valence-electron chi connectivity index (χ2n) is 5.46. The van der Waals surface area contributed by atoms with Gasteiger partial charge in [0.15, 0.2) is 11.8 Å². The van der Waals surface area contributed by atoms with E-state index in [1.165, 1.54) is 6.07 Å². The van der Waals surface area contributed by atoms with Crippen LogP contribution in [-0.2, 0) is 20.0 Å². The second-order valence-corrected chi connectivity index (χ2v) is 5.46. The van der Waals surface area contributed by atoms with Gasteiger partial charge in [0.2, 0.25) is 0 Å². The zero-order valence-corrected chi connectivity index (χ0v) is 16.4. The van der Waals surface area contributed by atoms with Crippen LogP contribution in [0.3, 0.4) is 0 Å². The summed E-state index contributed by atoms with van der Waals surface area (Å²) in [6.45, 7) is 1.22. The lowest BCUT2D eigenvalue weighted by molar-refractivity contribution is 0.629. The van der Waals surface area contributed by atoms with Crippen molar-refractivity contribution in [1.82, 2.24) is 30.4 Å². The maximum atomic E-state index is 13.4. The molecule has 9 heteroatoms. The molecular formula is C16H21FIN7. The molecule has 25 heavy (non-hydrogen) atoms. The van der Waals surface area contributed by atoms with E-state index in [9.17, 15) is 4.39 Å². The van der Waals surface area contributed by atoms with Crippen LogP contribution in [-0.4, -0.2) is 39.3 Å². The zero-order valence-electron chi connectivity index (χ0n) is 14.1. The van der Waals surface area contributed by atoms with Crippen molar-refractivity contribution in [2.75, 3.05) is 13.6 Å². The summed E-state index contributed by atoms with van der Waals surface area (Å²) in [5.74, 6) is 1.28. The van der Waals surface area contributed by atoms with Crippen molar-refractivity contribution in [2.24, 2.45) is 12.0 Å². The van der Waals surface area contributed by atoms with Gasteiger partial charge in [-0.3, -0.25) is 4.99 Å². The molecule has 0 spiro atoms. The van der Waals surface area contributed by atoms with Crippen molar-refractivity contribution in [3.63, 3.8) is 0 Å². The molecule has 0 unspecified atom stereocenters. The quantitative estimate of drug-likeness (QED) is 0.311. The number of fused-ring (bicyclic) bond motifs is 1. The fourth-order valence-corrected chi connectivity index (χ4v) is 2.52. The number of aromatic amines is 1. The number of guanidine groups is 1. The highest BCUT2D eigenvalue weighted by Crippen LogP contribution is 2.19. The maximum Gasteiger partial charge on any atom is 0.191 e. The molecule has 0 atom stereocenters. The van der Waals surface area contributed by atoms with E-state index in [-0.39, 0.29) is 29.8 Å². The fraction of sp³-hybridized carbons (Fsp3) is 0.312. The number of aliphatic imine (C=N–C) groups is 1. The first-order valence-electron chi connectivity index (χ1n) is 7.70. The van der Waals surface area contributed by atoms with Crippen LogP contribution in [0.2, 0.25) is 0 Å². The zero-order chi connectivity index (χ0) is 16.9. The Kier molecular flexibility index (Phi) is 6.73. The monoisotopic (exact) mass is 457 g/mol. The molecule has 0 bridgehead atoms. The number of rotatable bonds is 5. The van der Waals surface area contributed by atoms with Crippen molar-refractivity contribution >= 4 is 40.8 Å². The molecule has 2 aromatic heterocycles. The van der Waals surface area contributed by atoms with Gasteiger partial charge < -0.3 is 20.2 Å². The number of halogens is 2. The Morgan fingerprint density at radius 3 is 2.92 bits per heavy atom. The highest BCUT2D eigenvalue weighted by Gasteiger charge is 2.06. The molecule has 3 aromatic rings. The van der Waals surface area contributed by atoms with Gasteiger partial charge in [-0.15, -0.1) is 34.2 Å². The number of hydrogen-bond donors (Lipinski definition) is 3. The maximum absolute atomic E-state index is 13.4. The second kappa shape index (κ2) is 8.79. The van der Waals surface area contributed by atoms with E-state index in [1.54, 1.807) is 25.5 Å². The molecule has 2 heterocycles. The van der Waals surface area contributed by atoms with Crippen LogP contribution in [0.25, 0.3) is 10.9 Å². The molecule has 0 aliphatic rings. The van der Waals surface area contributed by atoms with E-state index >= 15 is 0 Å². The average molecular weight is 457 g/mol. The third-order valence-electron chi connectivity index (χ3n) is 3.86. The highest BCUT2D eigenvalue weighted by atomic mass is 127. The van der Waals surface area contributed by atoms with Gasteiger partial charge in [0, 0.05) is 37.7 Å². The van der Waals surface area contributed by atoms with Crippen LogP contribution in [0.4, 0.5) is 4.39 Å². The predicted molar refractivity (Wildman–Crippen MR) is 107 cm³/mol. The minimum Gasteiger partial charge on any atom is -0.361 e. The smallest absolute Gasteiger partial charge is 0.191 e. The van der Waals surface area contributed by atoms with Crippen LogP contribution in [0.5, 0.6) is 0 Å². The molecule has 0 aliphatic carbocycles. The Labute approximate surface area is 162 Å². The van der Waals surface area contributed by atoms with E-state index in [2.05, 4.69) is 30.8 Å². The van der Waals surface area contributed by atoms with Gasteiger partial charge in [-0.2, -0.15) is 0 Å². The Morgan fingerprint density at radius 2 is 2.20 bits per heavy atom. The summed E-state index contributed by atoms with van der Waals surface area (Å²) in [4.78, 5) is 7.34. The number of H-pyrrole nitrogens is 1. The largest absolute Gasteiger partial charge is 0.361 e. The van der Waals surface area contributed by atoms with Crippen molar-refractivity contribution in [2.45, 2.75) is 13.0 Å². The Morgan fingerprint density at radius 1 is 1.36 bits per heavy atom. The van der Waals surface area contributed by atoms with Crippen molar-refractivity contribution in [3.8, 4) is 0 Å². The molecule has 1 aromatic carbocycles. The van der Waals surface area contributed by atoms with E-state index in [1.807, 2.05) is 17.8 Å². The first-order chi connectivity index (χ1) is 11.7. The topological polar surface area (TPSA) is 82.9 Å². The van der Waals surface area contributed by atoms with E-state index in [4.69, 9.17) is 0 Å². The number of nitrogens with one attached hydrogen (secondary N) is 3. The average Bonchev–Trinajstić information content (AvgIpc) is 3.17. The van der Waals surface area contributed by atoms with Crippen molar-refractivity contribution in [1.29, 1.82) is 0 Å². The van der Waals surface area contributed by atoms with Gasteiger partial charge in [0.1, 0.15) is 12.1 Å². The fourth-order valence-electron chi connectivity index (χ4n) is 2.52. The molecule has 0 radical (unpaired) electrons. The summed E-state index contributed by atoms with van der Waals surface area (Å²) in [5, 5.41) is 15.2. The van der Waals surface area contributed by atoms with Crippen molar-refractivity contribution < 1.29 is 4.39 Å². The SMILES string of the molecule is CN=C(NCCc1c[nH]c2ccc(F)cc12)NCc1nncn1C.I.